The Morgan fingerprint density at radius 2 is 1.65 bits per heavy atom. The van der Waals surface area contributed by atoms with Crippen LogP contribution in [-0.2, 0) is 63.2 Å². The molecule has 2 atom stereocenters. The molecule has 0 unspecified atom stereocenters. The van der Waals surface area contributed by atoms with Crippen molar-refractivity contribution < 1.29 is 52.4 Å². The molecule has 5 aromatic rings. The second kappa shape index (κ2) is 16.3. The minimum atomic E-state index is -5.13. The number of fused-ring (bicyclic) bond motifs is 2. The summed E-state index contributed by atoms with van der Waals surface area (Å²) in [5.74, 6) is -3.14. The van der Waals surface area contributed by atoms with Crippen molar-refractivity contribution in [3.8, 4) is 23.0 Å². The molecule has 8 rings (SSSR count). The van der Waals surface area contributed by atoms with Gasteiger partial charge in [0, 0.05) is 35.7 Å². The number of hydrogen-bond donors (Lipinski definition) is 2. The summed E-state index contributed by atoms with van der Waals surface area (Å²) in [7, 11) is -6.08. The Morgan fingerprint density at radius 1 is 0.985 bits per heavy atom. The van der Waals surface area contributed by atoms with Gasteiger partial charge in [0.1, 0.15) is 34.3 Å². The van der Waals surface area contributed by atoms with Crippen molar-refractivity contribution in [2.45, 2.75) is 94.0 Å². The number of alkyl halides is 5. The summed E-state index contributed by atoms with van der Waals surface area (Å²) in [6.45, 7) is 2.81. The highest BCUT2D eigenvalue weighted by molar-refractivity contribution is 7.94. The number of nitrogens with one attached hydrogen (secondary N) is 2. The van der Waals surface area contributed by atoms with Crippen LogP contribution in [0.4, 0.5) is 36.6 Å². The number of sulfonamides is 1. The van der Waals surface area contributed by atoms with E-state index in [9.17, 15) is 43.6 Å². The van der Waals surface area contributed by atoms with Crippen LogP contribution in [0.1, 0.15) is 86.4 Å². The lowest BCUT2D eigenvalue weighted by Crippen LogP contribution is -2.35. The van der Waals surface area contributed by atoms with Crippen LogP contribution in [0.5, 0.6) is 0 Å². The largest absolute Gasteiger partial charge is 0.435 e. The van der Waals surface area contributed by atoms with Crippen molar-refractivity contribution in [1.82, 2.24) is 29.9 Å². The Bertz CT molecular complexity index is 3040. The normalized spacial score (nSPS) is 18.0. The Balaban J connectivity index is 1.28. The van der Waals surface area contributed by atoms with Gasteiger partial charge >= 0.3 is 6.18 Å². The summed E-state index contributed by atoms with van der Waals surface area (Å²) in [6, 6.07) is 7.02. The molecule has 0 radical (unpaired) electrons. The lowest BCUT2D eigenvalue weighted by Gasteiger charge is -2.23. The summed E-state index contributed by atoms with van der Waals surface area (Å²) in [4.78, 5) is 18.9. The maximum atomic E-state index is 15.5. The van der Waals surface area contributed by atoms with E-state index in [4.69, 9.17) is 16.6 Å². The monoisotopic (exact) mass is 967 g/mol. The molecule has 2 N–H and O–H groups in total. The van der Waals surface area contributed by atoms with E-state index in [2.05, 4.69) is 32.1 Å². The first kappa shape index (κ1) is 46.3. The van der Waals surface area contributed by atoms with E-state index in [0.717, 1.165) is 31.9 Å². The molecule has 1 amide bonds. The molecule has 22 heteroatoms. The van der Waals surface area contributed by atoms with Gasteiger partial charge in [0.15, 0.2) is 21.3 Å². The standard InChI is InChI=1S/C43H41ClF7N7O5S2/c1-22-15-31-38(43(49,50)51)54-58(39(31)42(22,47)48)20-34(59)53-33(18-24-16-25(45)19-26(46)17-24)36-29(10-7-27(52-36)13-14-41(2,3)65(62,63)28-8-9-28)30-11-12-32(44)35-37(30)57(4)55-40(35)56-64(60,61)21-23-5-6-23/h7,10-12,16-17,19,22-23,28,33H,5-6,8-9,15,18,20-21H2,1-4H3,(H,53,59)(H,55,56)/t22-,33+/m1/s1. The highest BCUT2D eigenvalue weighted by atomic mass is 35.5. The fourth-order valence-corrected chi connectivity index (χ4v) is 11.7. The number of benzene rings is 2. The van der Waals surface area contributed by atoms with E-state index < -0.39 is 108 Å². The third kappa shape index (κ3) is 9.17. The minimum absolute atomic E-state index is 0.0113. The average Bonchev–Trinajstić information content (AvgIpc) is 4.12. The first-order valence-electron chi connectivity index (χ1n) is 20.5. The molecule has 3 aliphatic rings. The molecule has 3 heterocycles. The maximum absolute atomic E-state index is 15.5. The molecule has 346 valence electrons. The van der Waals surface area contributed by atoms with Crippen LogP contribution in [-0.4, -0.2) is 63.0 Å². The SMILES string of the molecule is C[C@@H]1Cc2c(C(F)(F)F)nn(CC(=O)N[C@@H](Cc3cc(F)cc(F)c3)c3nc(C#CC(C)(C)S(=O)(=O)C4CC4)ccc3-c3ccc(Cl)c4c(NS(=O)(=O)CC5CC5)nn(C)c34)c2C1(F)F. The van der Waals surface area contributed by atoms with Gasteiger partial charge in [-0.2, -0.15) is 32.1 Å². The number of halogens is 8. The number of aromatic nitrogens is 5. The number of nitrogens with zero attached hydrogens (tertiary/aromatic N) is 5. The zero-order valence-electron chi connectivity index (χ0n) is 35.1. The van der Waals surface area contributed by atoms with Gasteiger partial charge in [0.2, 0.25) is 15.9 Å². The smallest absolute Gasteiger partial charge is 0.346 e. The molecule has 3 aliphatic carbocycles. The average molecular weight is 968 g/mol. The second-order valence-electron chi connectivity index (χ2n) is 17.4. The van der Waals surface area contributed by atoms with Gasteiger partial charge in [0.25, 0.3) is 5.92 Å². The fraction of sp³-hybridized carbons (Fsp3) is 0.442. The highest BCUT2D eigenvalue weighted by Gasteiger charge is 2.54. The van der Waals surface area contributed by atoms with Crippen LogP contribution in [0.25, 0.3) is 22.0 Å². The van der Waals surface area contributed by atoms with Crippen LogP contribution in [0, 0.1) is 35.3 Å². The van der Waals surface area contributed by atoms with E-state index in [0.29, 0.717) is 23.6 Å². The molecule has 2 aromatic carbocycles. The van der Waals surface area contributed by atoms with Crippen molar-refractivity contribution >= 4 is 54.1 Å². The van der Waals surface area contributed by atoms with Gasteiger partial charge in [-0.25, -0.2) is 30.6 Å². The third-order valence-corrected chi connectivity index (χ3v) is 16.4. The zero-order valence-corrected chi connectivity index (χ0v) is 37.5. The van der Waals surface area contributed by atoms with Gasteiger partial charge < -0.3 is 5.32 Å². The summed E-state index contributed by atoms with van der Waals surface area (Å²) in [5, 5.41) is 10.2. The van der Waals surface area contributed by atoms with Crippen molar-refractivity contribution in [3.05, 3.63) is 93.0 Å². The first-order chi connectivity index (χ1) is 30.3. The van der Waals surface area contributed by atoms with Gasteiger partial charge in [-0.1, -0.05) is 30.5 Å². The zero-order chi connectivity index (χ0) is 47.2. The number of carbonyl (C=O) groups is 1. The van der Waals surface area contributed by atoms with E-state index in [1.807, 2.05) is 0 Å². The topological polar surface area (TPSA) is 158 Å². The van der Waals surface area contributed by atoms with Crippen molar-refractivity contribution in [2.75, 3.05) is 10.5 Å². The minimum Gasteiger partial charge on any atom is -0.346 e. The number of carbonyl (C=O) groups excluding carboxylic acids is 1. The van der Waals surface area contributed by atoms with Gasteiger partial charge in [-0.3, -0.25) is 18.9 Å². The molecule has 0 saturated heterocycles. The summed E-state index contributed by atoms with van der Waals surface area (Å²) >= 11 is 6.71. The predicted molar refractivity (Wildman–Crippen MR) is 227 cm³/mol. The van der Waals surface area contributed by atoms with Crippen LogP contribution < -0.4 is 10.0 Å². The molecule has 2 fully saturated rings. The number of rotatable bonds is 13. The summed E-state index contributed by atoms with van der Waals surface area (Å²) in [6.07, 6.45) is -3.77. The number of hydrogen-bond acceptors (Lipinski definition) is 8. The molecule has 12 nitrogen and oxygen atoms in total. The first-order valence-corrected chi connectivity index (χ1v) is 24.1. The fourth-order valence-electron chi connectivity index (χ4n) is 8.20. The van der Waals surface area contributed by atoms with E-state index in [1.165, 1.54) is 43.8 Å². The molecule has 0 spiro atoms. The lowest BCUT2D eigenvalue weighted by atomic mass is 9.93. The Morgan fingerprint density at radius 3 is 2.28 bits per heavy atom. The third-order valence-electron chi connectivity index (χ3n) is 11.8. The van der Waals surface area contributed by atoms with Gasteiger partial charge in [0.05, 0.1) is 38.7 Å². The quantitative estimate of drug-likeness (QED) is 0.0888. The molecular weight excluding hydrogens is 927 g/mol. The number of pyridine rings is 1. The van der Waals surface area contributed by atoms with Crippen LogP contribution in [0.15, 0.2) is 42.5 Å². The highest BCUT2D eigenvalue weighted by Crippen LogP contribution is 2.50. The van der Waals surface area contributed by atoms with Gasteiger partial charge in [-0.15, -0.1) is 0 Å². The molecule has 0 bridgehead atoms. The number of amides is 1. The van der Waals surface area contributed by atoms with Crippen molar-refractivity contribution in [1.29, 1.82) is 0 Å². The number of aryl methyl sites for hydroxylation is 1. The van der Waals surface area contributed by atoms with Crippen molar-refractivity contribution in [3.63, 3.8) is 0 Å². The van der Waals surface area contributed by atoms with E-state index >= 15 is 8.78 Å². The second-order valence-corrected chi connectivity index (χ2v) is 22.4. The number of sulfone groups is 1. The molecular formula is C43H41ClF7N7O5S2. The number of anilines is 1. The van der Waals surface area contributed by atoms with Crippen molar-refractivity contribution in [2.24, 2.45) is 18.9 Å². The molecule has 65 heavy (non-hydrogen) atoms. The van der Waals surface area contributed by atoms with Crippen LogP contribution >= 0.6 is 11.6 Å². The Kier molecular flexibility index (Phi) is 11.6. The summed E-state index contributed by atoms with van der Waals surface area (Å²) in [5.41, 5.74) is -2.82. The Hall–Kier alpha value is -5.20. The molecule has 0 aliphatic heterocycles. The lowest BCUT2D eigenvalue weighted by molar-refractivity contribution is -0.142. The van der Waals surface area contributed by atoms with Crippen LogP contribution in [0.2, 0.25) is 5.02 Å². The van der Waals surface area contributed by atoms with E-state index in [1.54, 1.807) is 6.07 Å². The Labute approximate surface area is 374 Å². The molecule has 3 aromatic heterocycles. The maximum Gasteiger partial charge on any atom is 0.435 e. The van der Waals surface area contributed by atoms with Gasteiger partial charge in [-0.05, 0) is 100 Å². The summed E-state index contributed by atoms with van der Waals surface area (Å²) < 4.78 is 158. The molecule has 2 saturated carbocycles. The predicted octanol–water partition coefficient (Wildman–Crippen LogP) is 8.03. The van der Waals surface area contributed by atoms with Crippen LogP contribution in [0.3, 0.4) is 0 Å². The van der Waals surface area contributed by atoms with E-state index in [-0.39, 0.29) is 61.5 Å².